The van der Waals surface area contributed by atoms with Gasteiger partial charge in [-0.1, -0.05) is 0 Å². The third-order valence-corrected chi connectivity index (χ3v) is 1.94. The van der Waals surface area contributed by atoms with Crippen molar-refractivity contribution in [2.24, 2.45) is 0 Å². The SMILES string of the molecule is COc1c(CC#N)ncc(C#N)c1C(F)F. The van der Waals surface area contributed by atoms with Gasteiger partial charge in [0, 0.05) is 6.20 Å². The molecule has 4 nitrogen and oxygen atoms in total. The second-order valence-corrected chi connectivity index (χ2v) is 2.81. The minimum absolute atomic E-state index is 0.110. The maximum Gasteiger partial charge on any atom is 0.268 e. The molecule has 1 aromatic rings. The van der Waals surface area contributed by atoms with Gasteiger partial charge in [0.1, 0.15) is 6.07 Å². The lowest BCUT2D eigenvalue weighted by molar-refractivity contribution is 0.146. The molecular formula is C10H7F2N3O. The van der Waals surface area contributed by atoms with Crippen LogP contribution in [0.2, 0.25) is 0 Å². The van der Waals surface area contributed by atoms with Crippen molar-refractivity contribution < 1.29 is 13.5 Å². The topological polar surface area (TPSA) is 69.7 Å². The van der Waals surface area contributed by atoms with Crippen molar-refractivity contribution in [3.05, 3.63) is 23.0 Å². The maximum atomic E-state index is 12.7. The highest BCUT2D eigenvalue weighted by atomic mass is 19.3. The number of hydrogen-bond donors (Lipinski definition) is 0. The normalized spacial score (nSPS) is 9.62. The van der Waals surface area contributed by atoms with Gasteiger partial charge in [-0.15, -0.1) is 0 Å². The van der Waals surface area contributed by atoms with Crippen LogP contribution >= 0.6 is 0 Å². The van der Waals surface area contributed by atoms with Gasteiger partial charge in [0.05, 0.1) is 36.4 Å². The molecule has 0 spiro atoms. The Labute approximate surface area is 90.7 Å². The predicted octanol–water partition coefficient (Wildman–Crippen LogP) is 1.97. The van der Waals surface area contributed by atoms with Crippen molar-refractivity contribution in [2.75, 3.05) is 7.11 Å². The van der Waals surface area contributed by atoms with Gasteiger partial charge in [0.25, 0.3) is 6.43 Å². The Morgan fingerprint density at radius 1 is 1.50 bits per heavy atom. The molecule has 0 N–H and O–H groups in total. The second-order valence-electron chi connectivity index (χ2n) is 2.81. The molecule has 82 valence electrons. The van der Waals surface area contributed by atoms with Gasteiger partial charge >= 0.3 is 0 Å². The fraction of sp³-hybridized carbons (Fsp3) is 0.300. The van der Waals surface area contributed by atoms with Gasteiger partial charge in [0.2, 0.25) is 0 Å². The van der Waals surface area contributed by atoms with E-state index in [1.54, 1.807) is 12.1 Å². The van der Waals surface area contributed by atoms with E-state index in [1.165, 1.54) is 7.11 Å². The lowest BCUT2D eigenvalue weighted by Gasteiger charge is -2.11. The number of ether oxygens (including phenoxy) is 1. The molecule has 0 aromatic carbocycles. The standard InChI is InChI=1S/C10H7F2N3O/c1-16-9-7(2-3-13)15-5-6(4-14)8(9)10(11)12/h5,10H,2H2,1H3. The first kappa shape index (κ1) is 11.9. The molecule has 0 bridgehead atoms. The Kier molecular flexibility index (Phi) is 3.73. The molecule has 1 rings (SSSR count). The van der Waals surface area contributed by atoms with Gasteiger partial charge in [-0.05, 0) is 0 Å². The summed E-state index contributed by atoms with van der Waals surface area (Å²) in [4.78, 5) is 3.75. The summed E-state index contributed by atoms with van der Waals surface area (Å²) in [7, 11) is 1.20. The van der Waals surface area contributed by atoms with Crippen LogP contribution < -0.4 is 4.74 Å². The van der Waals surface area contributed by atoms with Crippen LogP contribution in [-0.4, -0.2) is 12.1 Å². The molecule has 6 heteroatoms. The molecule has 0 fully saturated rings. The summed E-state index contributed by atoms with van der Waals surface area (Å²) in [6, 6.07) is 3.41. The fourth-order valence-electron chi connectivity index (χ4n) is 1.28. The van der Waals surface area contributed by atoms with E-state index in [2.05, 4.69) is 4.98 Å². The zero-order valence-corrected chi connectivity index (χ0v) is 8.37. The van der Waals surface area contributed by atoms with Crippen molar-refractivity contribution in [1.82, 2.24) is 4.98 Å². The Balaban J connectivity index is 3.46. The van der Waals surface area contributed by atoms with Gasteiger partial charge in [-0.25, -0.2) is 8.78 Å². The molecule has 0 aliphatic rings. The average Bonchev–Trinajstić information content (AvgIpc) is 2.28. The summed E-state index contributed by atoms with van der Waals surface area (Å²) in [6.07, 6.45) is -1.96. The van der Waals surface area contributed by atoms with Crippen molar-refractivity contribution in [3.8, 4) is 17.9 Å². The van der Waals surface area contributed by atoms with Gasteiger partial charge in [0.15, 0.2) is 5.75 Å². The Morgan fingerprint density at radius 3 is 2.62 bits per heavy atom. The highest BCUT2D eigenvalue weighted by Crippen LogP contribution is 2.33. The number of rotatable bonds is 3. The van der Waals surface area contributed by atoms with Crippen LogP contribution in [0.1, 0.15) is 23.2 Å². The Hall–Kier alpha value is -2.21. The molecule has 0 radical (unpaired) electrons. The zero-order valence-electron chi connectivity index (χ0n) is 8.37. The largest absolute Gasteiger partial charge is 0.494 e. The van der Waals surface area contributed by atoms with Gasteiger partial charge in [-0.3, -0.25) is 4.98 Å². The van der Waals surface area contributed by atoms with E-state index in [4.69, 9.17) is 15.3 Å². The molecule has 0 saturated heterocycles. The summed E-state index contributed by atoms with van der Waals surface area (Å²) in [5.74, 6) is -0.185. The summed E-state index contributed by atoms with van der Waals surface area (Å²) >= 11 is 0. The number of hydrogen-bond acceptors (Lipinski definition) is 4. The van der Waals surface area contributed by atoms with Crippen LogP contribution in [0.25, 0.3) is 0 Å². The first-order chi connectivity index (χ1) is 7.65. The lowest BCUT2D eigenvalue weighted by Crippen LogP contribution is -2.03. The monoisotopic (exact) mass is 223 g/mol. The van der Waals surface area contributed by atoms with E-state index < -0.39 is 12.0 Å². The summed E-state index contributed by atoms with van der Waals surface area (Å²) in [5, 5.41) is 17.2. The first-order valence-electron chi connectivity index (χ1n) is 4.26. The number of pyridine rings is 1. The molecule has 0 saturated carbocycles. The third-order valence-electron chi connectivity index (χ3n) is 1.94. The van der Waals surface area contributed by atoms with Gasteiger partial charge < -0.3 is 4.74 Å². The highest BCUT2D eigenvalue weighted by molar-refractivity contribution is 5.49. The van der Waals surface area contributed by atoms with E-state index in [0.29, 0.717) is 0 Å². The molecular weight excluding hydrogens is 216 g/mol. The van der Waals surface area contributed by atoms with E-state index in [9.17, 15) is 8.78 Å². The lowest BCUT2D eigenvalue weighted by atomic mass is 10.1. The number of halogens is 2. The Morgan fingerprint density at radius 2 is 2.19 bits per heavy atom. The van der Waals surface area contributed by atoms with Crippen LogP contribution in [0.5, 0.6) is 5.75 Å². The highest BCUT2D eigenvalue weighted by Gasteiger charge is 2.22. The number of aromatic nitrogens is 1. The van der Waals surface area contributed by atoms with Crippen LogP contribution in [0.4, 0.5) is 8.78 Å². The van der Waals surface area contributed by atoms with Crippen LogP contribution in [0.3, 0.4) is 0 Å². The molecule has 1 heterocycles. The summed E-state index contributed by atoms with van der Waals surface area (Å²) in [6.45, 7) is 0. The van der Waals surface area contributed by atoms with E-state index in [-0.39, 0.29) is 23.4 Å². The minimum Gasteiger partial charge on any atom is -0.494 e. The number of alkyl halides is 2. The molecule has 0 aliphatic heterocycles. The van der Waals surface area contributed by atoms with Crippen molar-refractivity contribution in [2.45, 2.75) is 12.8 Å². The number of methoxy groups -OCH3 is 1. The molecule has 0 amide bonds. The Bertz CT molecular complexity index is 474. The molecule has 0 atom stereocenters. The quantitative estimate of drug-likeness (QED) is 0.785. The number of nitrogens with zero attached hydrogens (tertiary/aromatic N) is 3. The molecule has 1 aromatic heterocycles. The van der Waals surface area contributed by atoms with E-state index in [1.807, 2.05) is 0 Å². The average molecular weight is 223 g/mol. The molecule has 0 aliphatic carbocycles. The minimum atomic E-state index is -2.84. The fourth-order valence-corrected chi connectivity index (χ4v) is 1.28. The maximum absolute atomic E-state index is 12.7. The van der Waals surface area contributed by atoms with Crippen molar-refractivity contribution in [1.29, 1.82) is 10.5 Å². The number of nitriles is 2. The van der Waals surface area contributed by atoms with E-state index >= 15 is 0 Å². The third kappa shape index (κ3) is 2.06. The second kappa shape index (κ2) is 5.04. The zero-order chi connectivity index (χ0) is 12.1. The molecule has 16 heavy (non-hydrogen) atoms. The van der Waals surface area contributed by atoms with Crippen LogP contribution in [0, 0.1) is 22.7 Å². The van der Waals surface area contributed by atoms with Crippen molar-refractivity contribution >= 4 is 0 Å². The predicted molar refractivity (Wildman–Crippen MR) is 49.8 cm³/mol. The summed E-state index contributed by atoms with van der Waals surface area (Å²) < 4.78 is 30.3. The molecule has 0 unspecified atom stereocenters. The van der Waals surface area contributed by atoms with E-state index in [0.717, 1.165) is 6.20 Å². The smallest absolute Gasteiger partial charge is 0.268 e. The van der Waals surface area contributed by atoms with Crippen molar-refractivity contribution in [3.63, 3.8) is 0 Å². The van der Waals surface area contributed by atoms with Gasteiger partial charge in [-0.2, -0.15) is 10.5 Å². The van der Waals surface area contributed by atoms with Crippen LogP contribution in [-0.2, 0) is 6.42 Å². The first-order valence-corrected chi connectivity index (χ1v) is 4.26. The summed E-state index contributed by atoms with van der Waals surface area (Å²) in [5.41, 5.74) is -0.641. The van der Waals surface area contributed by atoms with Crippen LogP contribution in [0.15, 0.2) is 6.20 Å².